The van der Waals surface area contributed by atoms with Crippen molar-refractivity contribution in [2.45, 2.75) is 72.1 Å². The number of ether oxygens (including phenoxy) is 1. The first kappa shape index (κ1) is 24.8. The monoisotopic (exact) mass is 446 g/mol. The van der Waals surface area contributed by atoms with E-state index < -0.39 is 0 Å². The Bertz CT molecular complexity index is 595. The Hall–Kier alpha value is -1.28. The third kappa shape index (κ3) is 11.5. The van der Waals surface area contributed by atoms with E-state index in [4.69, 9.17) is 4.74 Å². The SMILES string of the molecule is C=C[C@@](C)(/C=C/c1ccc(OCCCCCCCCBr)cc1)CCC=C(C)C. The van der Waals surface area contributed by atoms with E-state index in [0.29, 0.717) is 0 Å². The average molecular weight is 448 g/mol. The summed E-state index contributed by atoms with van der Waals surface area (Å²) < 4.78 is 5.88. The molecule has 0 aliphatic heterocycles. The van der Waals surface area contributed by atoms with Crippen LogP contribution in [0.2, 0.25) is 0 Å². The fourth-order valence-electron chi connectivity index (χ4n) is 2.98. The molecule has 1 nitrogen and oxygen atoms in total. The third-order valence-corrected chi connectivity index (χ3v) is 5.60. The van der Waals surface area contributed by atoms with Crippen LogP contribution in [0.15, 0.2) is 54.6 Å². The number of unbranched alkanes of at least 4 members (excludes halogenated alkanes) is 5. The Morgan fingerprint density at radius 1 is 1.04 bits per heavy atom. The van der Waals surface area contributed by atoms with E-state index >= 15 is 0 Å². The number of halogens is 1. The number of rotatable bonds is 15. The van der Waals surface area contributed by atoms with E-state index in [2.05, 4.69) is 91.8 Å². The summed E-state index contributed by atoms with van der Waals surface area (Å²) in [7, 11) is 0. The van der Waals surface area contributed by atoms with Crippen LogP contribution in [0.1, 0.15) is 77.7 Å². The summed E-state index contributed by atoms with van der Waals surface area (Å²) in [5.41, 5.74) is 2.60. The summed E-state index contributed by atoms with van der Waals surface area (Å²) >= 11 is 3.48. The number of alkyl halides is 1. The molecule has 0 radical (unpaired) electrons. The van der Waals surface area contributed by atoms with E-state index in [1.165, 1.54) is 43.2 Å². The molecule has 0 saturated heterocycles. The molecule has 0 saturated carbocycles. The molecule has 2 heteroatoms. The van der Waals surface area contributed by atoms with Gasteiger partial charge in [0.15, 0.2) is 0 Å². The zero-order chi connectivity index (χ0) is 20.7. The first-order valence-corrected chi connectivity index (χ1v) is 11.9. The number of hydrogen-bond acceptors (Lipinski definition) is 1. The highest BCUT2D eigenvalue weighted by molar-refractivity contribution is 9.09. The van der Waals surface area contributed by atoms with Gasteiger partial charge in [-0.05, 0) is 57.2 Å². The molecule has 1 aromatic rings. The summed E-state index contributed by atoms with van der Waals surface area (Å²) in [5, 5.41) is 1.13. The maximum atomic E-state index is 5.88. The maximum absolute atomic E-state index is 5.88. The molecule has 156 valence electrons. The van der Waals surface area contributed by atoms with Crippen molar-refractivity contribution in [1.29, 1.82) is 0 Å². The molecule has 1 rings (SSSR count). The van der Waals surface area contributed by atoms with Gasteiger partial charge in [-0.2, -0.15) is 0 Å². The molecule has 0 N–H and O–H groups in total. The van der Waals surface area contributed by atoms with Crippen molar-refractivity contribution in [3.05, 3.63) is 60.2 Å². The zero-order valence-electron chi connectivity index (χ0n) is 18.2. The first-order chi connectivity index (χ1) is 13.5. The molecule has 0 heterocycles. The molecular formula is C26H39BrO. The number of benzene rings is 1. The van der Waals surface area contributed by atoms with E-state index in [9.17, 15) is 0 Å². The largest absolute Gasteiger partial charge is 0.494 e. The summed E-state index contributed by atoms with van der Waals surface area (Å²) in [6, 6.07) is 8.41. The van der Waals surface area contributed by atoms with Gasteiger partial charge in [-0.15, -0.1) is 6.58 Å². The molecule has 0 aromatic heterocycles. The molecule has 0 aliphatic carbocycles. The molecule has 0 aliphatic rings. The maximum Gasteiger partial charge on any atom is 0.119 e. The lowest BCUT2D eigenvalue weighted by atomic mass is 9.84. The van der Waals surface area contributed by atoms with Gasteiger partial charge in [-0.1, -0.05) is 90.5 Å². The fraction of sp³-hybridized carbons (Fsp3) is 0.538. The van der Waals surface area contributed by atoms with Gasteiger partial charge in [0.25, 0.3) is 0 Å². The summed E-state index contributed by atoms with van der Waals surface area (Å²) in [5.74, 6) is 0.964. The van der Waals surface area contributed by atoms with Crippen molar-refractivity contribution < 1.29 is 4.74 Å². The molecule has 28 heavy (non-hydrogen) atoms. The van der Waals surface area contributed by atoms with Crippen LogP contribution in [-0.4, -0.2) is 11.9 Å². The standard InChI is InChI=1S/C26H39BrO/c1-5-26(4,19-12-13-23(2)3)20-18-24-14-16-25(17-15-24)28-22-11-9-7-6-8-10-21-27/h5,13-18,20H,1,6-12,19,21-22H2,2-4H3/b20-18+/t26-/m1/s1. The zero-order valence-corrected chi connectivity index (χ0v) is 19.8. The van der Waals surface area contributed by atoms with Crippen molar-refractivity contribution in [2.24, 2.45) is 5.41 Å². The van der Waals surface area contributed by atoms with E-state index in [-0.39, 0.29) is 5.41 Å². The minimum atomic E-state index is 0.0234. The van der Waals surface area contributed by atoms with Gasteiger partial charge in [0.2, 0.25) is 0 Å². The lowest BCUT2D eigenvalue weighted by molar-refractivity contribution is 0.304. The summed E-state index contributed by atoms with van der Waals surface area (Å²) in [4.78, 5) is 0. The molecule has 0 amide bonds. The summed E-state index contributed by atoms with van der Waals surface area (Å²) in [6.07, 6.45) is 18.7. The highest BCUT2D eigenvalue weighted by atomic mass is 79.9. The average Bonchev–Trinajstić information content (AvgIpc) is 2.69. The second-order valence-electron chi connectivity index (χ2n) is 8.09. The fourth-order valence-corrected chi connectivity index (χ4v) is 3.38. The first-order valence-electron chi connectivity index (χ1n) is 10.7. The Kier molecular flexibility index (Phi) is 13.0. The lowest BCUT2D eigenvalue weighted by Gasteiger charge is -2.20. The molecule has 0 fully saturated rings. The highest BCUT2D eigenvalue weighted by Crippen LogP contribution is 2.28. The van der Waals surface area contributed by atoms with Crippen LogP contribution in [0.25, 0.3) is 6.08 Å². The minimum absolute atomic E-state index is 0.0234. The predicted molar refractivity (Wildman–Crippen MR) is 129 cm³/mol. The second kappa shape index (κ2) is 14.7. The van der Waals surface area contributed by atoms with Gasteiger partial charge in [0.1, 0.15) is 5.75 Å². The molecule has 1 atom stereocenters. The van der Waals surface area contributed by atoms with Crippen molar-refractivity contribution in [3.8, 4) is 5.75 Å². The van der Waals surface area contributed by atoms with E-state index in [1.807, 2.05) is 0 Å². The Morgan fingerprint density at radius 3 is 2.29 bits per heavy atom. The molecule has 0 bridgehead atoms. The van der Waals surface area contributed by atoms with Gasteiger partial charge in [0.05, 0.1) is 6.61 Å². The topological polar surface area (TPSA) is 9.23 Å². The van der Waals surface area contributed by atoms with Crippen LogP contribution in [0.5, 0.6) is 5.75 Å². The van der Waals surface area contributed by atoms with Crippen molar-refractivity contribution in [2.75, 3.05) is 11.9 Å². The van der Waals surface area contributed by atoms with Crippen LogP contribution in [0.4, 0.5) is 0 Å². The summed E-state index contributed by atoms with van der Waals surface area (Å²) in [6.45, 7) is 11.4. The molecule has 0 unspecified atom stereocenters. The van der Waals surface area contributed by atoms with E-state index in [1.54, 1.807) is 0 Å². The Labute approximate surface area is 182 Å². The van der Waals surface area contributed by atoms with Crippen LogP contribution in [0.3, 0.4) is 0 Å². The van der Waals surface area contributed by atoms with Crippen molar-refractivity contribution in [3.63, 3.8) is 0 Å². The highest BCUT2D eigenvalue weighted by Gasteiger charge is 2.14. The lowest BCUT2D eigenvalue weighted by Crippen LogP contribution is -2.08. The van der Waals surface area contributed by atoms with E-state index in [0.717, 1.165) is 36.9 Å². The minimum Gasteiger partial charge on any atom is -0.494 e. The third-order valence-electron chi connectivity index (χ3n) is 5.04. The number of allylic oxidation sites excluding steroid dienone is 4. The van der Waals surface area contributed by atoms with Crippen LogP contribution < -0.4 is 4.74 Å². The van der Waals surface area contributed by atoms with Crippen LogP contribution >= 0.6 is 15.9 Å². The van der Waals surface area contributed by atoms with Crippen molar-refractivity contribution in [1.82, 2.24) is 0 Å². The molecule has 0 spiro atoms. The normalized spacial score (nSPS) is 13.3. The van der Waals surface area contributed by atoms with Gasteiger partial charge in [-0.3, -0.25) is 0 Å². The molecular weight excluding hydrogens is 408 g/mol. The second-order valence-corrected chi connectivity index (χ2v) is 8.88. The molecule has 1 aromatic carbocycles. The van der Waals surface area contributed by atoms with Crippen LogP contribution in [-0.2, 0) is 0 Å². The van der Waals surface area contributed by atoms with Crippen molar-refractivity contribution >= 4 is 22.0 Å². The quantitative estimate of drug-likeness (QED) is 0.148. The number of hydrogen-bond donors (Lipinski definition) is 0. The van der Waals surface area contributed by atoms with Gasteiger partial charge >= 0.3 is 0 Å². The Morgan fingerprint density at radius 2 is 1.68 bits per heavy atom. The van der Waals surface area contributed by atoms with Gasteiger partial charge < -0.3 is 4.74 Å². The van der Waals surface area contributed by atoms with Gasteiger partial charge in [-0.25, -0.2) is 0 Å². The van der Waals surface area contributed by atoms with Crippen LogP contribution in [0, 0.1) is 5.41 Å². The predicted octanol–water partition coefficient (Wildman–Crippen LogP) is 8.75. The van der Waals surface area contributed by atoms with Gasteiger partial charge in [0, 0.05) is 10.7 Å². The Balaban J connectivity index is 2.37. The smallest absolute Gasteiger partial charge is 0.119 e.